The van der Waals surface area contributed by atoms with Crippen molar-refractivity contribution in [2.24, 2.45) is 51.6 Å². The molecule has 0 unspecified atom stereocenters. The molecule has 1 heterocycles. The zero-order valence-corrected chi connectivity index (χ0v) is 82.2. The Morgan fingerprint density at radius 3 is 0.993 bits per heavy atom. The Morgan fingerprint density at radius 2 is 0.628 bits per heavy atom. The molecule has 4 aromatic carbocycles. The highest BCUT2D eigenvalue weighted by Crippen LogP contribution is 2.24. The van der Waals surface area contributed by atoms with E-state index in [2.05, 4.69) is 126 Å². The van der Waals surface area contributed by atoms with Crippen LogP contribution in [0, 0.1) is 21.6 Å². The highest BCUT2D eigenvalue weighted by atomic mass is 32.1. The molecular formula is C90H141N33O20S2. The summed E-state index contributed by atoms with van der Waals surface area (Å²) in [5.74, 6) is -16.8. The number of rotatable bonds is 66. The van der Waals surface area contributed by atoms with Crippen LogP contribution in [0.3, 0.4) is 0 Å². The first-order valence-electron chi connectivity index (χ1n) is 47.3. The lowest BCUT2D eigenvalue weighted by atomic mass is 10.00. The summed E-state index contributed by atoms with van der Waals surface area (Å²) in [6.07, 6.45) is -1.54. The van der Waals surface area contributed by atoms with Gasteiger partial charge >= 0.3 is 24.1 Å². The summed E-state index contributed by atoms with van der Waals surface area (Å²) in [6.45, 7) is -0.220. The fraction of sp³-hybridized carbons (Fsp3) is 0.522. The fourth-order valence-corrected chi connectivity index (χ4v) is 15.8. The van der Waals surface area contributed by atoms with E-state index in [4.69, 9.17) is 73.2 Å². The maximum absolute atomic E-state index is 15.4. The van der Waals surface area contributed by atoms with Crippen LogP contribution in [0.15, 0.2) is 91.0 Å². The van der Waals surface area contributed by atoms with E-state index < -0.39 is 203 Å². The number of phenols is 2. The van der Waals surface area contributed by atoms with Crippen LogP contribution >= 0.6 is 25.3 Å². The van der Waals surface area contributed by atoms with Crippen LogP contribution in [0.25, 0.3) is 10.8 Å². The van der Waals surface area contributed by atoms with Crippen LogP contribution in [-0.4, -0.2) is 300 Å². The number of fused-ring (bicyclic) bond motifs is 1. The number of aliphatic carboxylic acids is 1. The number of benzene rings is 4. The van der Waals surface area contributed by atoms with E-state index in [1.54, 1.807) is 24.3 Å². The number of carboxylic acid groups (broad SMARTS) is 1. The summed E-state index contributed by atoms with van der Waals surface area (Å²) in [4.78, 5) is 241. The molecule has 145 heavy (non-hydrogen) atoms. The third kappa shape index (κ3) is 45.8. The number of nitrogens with two attached hydrogens (primary N) is 9. The molecule has 1 aliphatic heterocycles. The zero-order chi connectivity index (χ0) is 107. The Bertz CT molecular complexity index is 5050. The standard InChI is InChI=1S/C90H141N33O20S2/c91-34-4-3-16-57(112-71(127)59(18-7-37-106-86(97)98)114-76(132)64(44-49-25-30-54(124)31-26-49)119-80(136)68(48-145)122-78(134)66(46-51-24-29-52-13-1-2-14-53(52)43-51)118-74(130)58(17-6-36-105-85(95)96)111-70(126)56(92)15-5-35-104-84(93)94)73(129)116-62(21-10-41-110-90(103)143)82(138)123-42-12-23-69(123)81(137)120-65(45-50-27-32-55(125)33-28-50)77(133)115-60(19-8-39-108-88(101)141)72(128)113-61(20-9-40-109-89(102)142)75(131)121-67(47-144)79(135)117-63(83(139)140)22-11-38-107-87(99)100/h1-2,13-14,24-33,43,56-69,124-125,144-145H,3-12,15-23,34-42,44-48,91-92H2,(H,111,126)(H,112,127)(H,113,128)(H,114,132)(H,115,133)(H,116,129)(H,117,135)(H,118,130)(H,119,136)(H,120,137)(H,121,131)(H,122,134)(H,139,140)(H4,93,94,104)(H4,95,96,105)(H4,97,98,106)(H4,99,100,107)(H3,101,108,141)(H3,102,109,142)(H3,103,110,143)/t56-,57-,58-,59-,60-,61-,62-,63-,64-,65-,66-,67-,68-,69-/m0/s1. The van der Waals surface area contributed by atoms with Gasteiger partial charge in [0, 0.05) is 83.1 Å². The molecule has 19 amide bonds. The highest BCUT2D eigenvalue weighted by molar-refractivity contribution is 7.80. The number of aromatic hydroxyl groups is 2. The van der Waals surface area contributed by atoms with Gasteiger partial charge in [-0.3, -0.25) is 84.0 Å². The number of primary amides is 3. The molecule has 53 nitrogen and oxygen atoms in total. The van der Waals surface area contributed by atoms with Crippen molar-refractivity contribution in [2.45, 2.75) is 226 Å². The van der Waals surface area contributed by atoms with Crippen molar-refractivity contribution in [1.29, 1.82) is 21.6 Å². The van der Waals surface area contributed by atoms with Gasteiger partial charge in [0.2, 0.25) is 76.8 Å². The van der Waals surface area contributed by atoms with Gasteiger partial charge in [0.15, 0.2) is 23.8 Å². The van der Waals surface area contributed by atoms with Crippen molar-refractivity contribution in [1.82, 2.24) is 106 Å². The molecule has 0 aromatic heterocycles. The van der Waals surface area contributed by atoms with Crippen LogP contribution in [0.2, 0.25) is 0 Å². The zero-order valence-electron chi connectivity index (χ0n) is 80.4. The number of phenolic OH excluding ortho intramolecular Hbond substituents is 2. The van der Waals surface area contributed by atoms with Crippen LogP contribution < -0.4 is 153 Å². The molecule has 4 aromatic rings. The molecule has 0 radical (unpaired) electrons. The van der Waals surface area contributed by atoms with Crippen LogP contribution in [0.4, 0.5) is 14.4 Å². The minimum absolute atomic E-state index is 0.0157. The molecule has 1 saturated heterocycles. The summed E-state index contributed by atoms with van der Waals surface area (Å²) in [6, 6.07) is -0.829. The van der Waals surface area contributed by atoms with E-state index in [-0.39, 0.29) is 223 Å². The van der Waals surface area contributed by atoms with Gasteiger partial charge in [-0.25, -0.2) is 19.2 Å². The Hall–Kier alpha value is -15.2. The third-order valence-corrected chi connectivity index (χ3v) is 23.7. The Kier molecular flexibility index (Phi) is 53.4. The molecule has 0 bridgehead atoms. The number of unbranched alkanes of at least 4 members (excludes halogenated alkanes) is 1. The molecule has 0 saturated carbocycles. The normalized spacial score (nSPS) is 14.7. The van der Waals surface area contributed by atoms with E-state index >= 15 is 28.8 Å². The van der Waals surface area contributed by atoms with Crippen LogP contribution in [-0.2, 0) is 86.4 Å². The molecule has 0 aliphatic carbocycles. The van der Waals surface area contributed by atoms with E-state index in [1.807, 2.05) is 18.2 Å². The van der Waals surface area contributed by atoms with Crippen molar-refractivity contribution in [3.8, 4) is 11.5 Å². The summed E-state index contributed by atoms with van der Waals surface area (Å²) in [5, 5.41) is 112. The number of carboxylic acids is 1. The van der Waals surface area contributed by atoms with E-state index in [0.717, 1.165) is 15.7 Å². The minimum Gasteiger partial charge on any atom is -0.508 e. The lowest BCUT2D eigenvalue weighted by molar-refractivity contribution is -0.142. The number of hydrogen-bond acceptors (Lipinski definition) is 27. The molecule has 798 valence electrons. The van der Waals surface area contributed by atoms with Gasteiger partial charge in [0.25, 0.3) is 0 Å². The minimum atomic E-state index is -1.67. The number of carbonyl (C=O) groups excluding carboxylic acids is 16. The predicted octanol–water partition coefficient (Wildman–Crippen LogP) is -7.11. The van der Waals surface area contributed by atoms with Gasteiger partial charge < -0.3 is 173 Å². The third-order valence-electron chi connectivity index (χ3n) is 22.9. The van der Waals surface area contributed by atoms with E-state index in [1.165, 1.54) is 48.5 Å². The second kappa shape index (κ2) is 64.4. The summed E-state index contributed by atoms with van der Waals surface area (Å²) in [7, 11) is 0. The monoisotopic (exact) mass is 2070 g/mol. The number of urea groups is 3. The van der Waals surface area contributed by atoms with Gasteiger partial charge in [0.1, 0.15) is 90.0 Å². The lowest BCUT2D eigenvalue weighted by Crippen LogP contribution is -2.61. The van der Waals surface area contributed by atoms with Crippen LogP contribution in [0.5, 0.6) is 11.5 Å². The summed E-state index contributed by atoms with van der Waals surface area (Å²) < 4.78 is 0. The van der Waals surface area contributed by atoms with Crippen molar-refractivity contribution in [3.63, 3.8) is 0 Å². The average Bonchev–Trinajstić information content (AvgIpc) is 1.68. The van der Waals surface area contributed by atoms with Gasteiger partial charge in [-0.05, 0) is 180 Å². The lowest BCUT2D eigenvalue weighted by Gasteiger charge is -2.31. The number of likely N-dealkylation sites (tertiary alicyclic amines) is 1. The smallest absolute Gasteiger partial charge is 0.326 e. The number of thiol groups is 2. The molecule has 1 fully saturated rings. The first-order valence-corrected chi connectivity index (χ1v) is 48.6. The Morgan fingerprint density at radius 1 is 0.338 bits per heavy atom. The summed E-state index contributed by atoms with van der Waals surface area (Å²) >= 11 is 8.67. The Labute approximate surface area is 847 Å². The maximum Gasteiger partial charge on any atom is 0.326 e. The SMILES string of the molecule is N=C(N)NCCC[C@H](NC(=O)[C@H](CS)NC(=O)[C@H](CCCNC(N)=O)NC(=O)[C@H](CCCNC(N)=O)NC(=O)[C@H](Cc1ccc(O)cc1)NC(=O)[C@@H]1CCCN1C(=O)[C@H](CCCNC(N)=O)NC(=O)[C@H](CCCCN)NC(=O)[C@H](CCCNC(=N)N)NC(=O)[C@H](Cc1ccc(O)cc1)NC(=O)[C@H](CS)NC(=O)[C@H](Cc1ccc2ccccc2c1)NC(=O)[C@H](CCCNC(=N)N)NC(=O)[C@@H](N)CCCNC(=N)N)C(=O)O. The van der Waals surface area contributed by atoms with Gasteiger partial charge in [-0.2, -0.15) is 25.3 Å². The van der Waals surface area contributed by atoms with Crippen molar-refractivity contribution in [3.05, 3.63) is 108 Å². The maximum atomic E-state index is 15.4. The molecule has 0 spiro atoms. The molecule has 44 N–H and O–H groups in total. The second-order valence-corrected chi connectivity index (χ2v) is 35.1. The predicted molar refractivity (Wildman–Crippen MR) is 542 cm³/mol. The number of amides is 19. The van der Waals surface area contributed by atoms with Crippen molar-refractivity contribution in [2.75, 3.05) is 70.4 Å². The molecular weight excluding hydrogens is 1930 g/mol. The molecule has 5 rings (SSSR count). The number of nitrogens with one attached hydrogen (secondary N) is 23. The molecule has 1 aliphatic rings. The second-order valence-electron chi connectivity index (χ2n) is 34.4. The number of nitrogens with zero attached hydrogens (tertiary/aromatic N) is 1. The first kappa shape index (κ1) is 120. The number of guanidine groups is 4. The molecule has 14 atom stereocenters. The van der Waals surface area contributed by atoms with Gasteiger partial charge in [-0.1, -0.05) is 66.7 Å². The topological polar surface area (TPSA) is 912 Å². The Balaban J connectivity index is 1.49. The number of carbonyl (C=O) groups is 17. The van der Waals surface area contributed by atoms with Crippen LogP contribution in [0.1, 0.15) is 139 Å². The van der Waals surface area contributed by atoms with Crippen molar-refractivity contribution >= 4 is 161 Å². The summed E-state index contributed by atoms with van der Waals surface area (Å²) in [5.41, 5.74) is 51.4. The van der Waals surface area contributed by atoms with Gasteiger partial charge in [-0.15, -0.1) is 0 Å². The average molecular weight is 2070 g/mol. The van der Waals surface area contributed by atoms with Gasteiger partial charge in [0.05, 0.1) is 6.04 Å². The molecule has 55 heteroatoms. The van der Waals surface area contributed by atoms with Crippen molar-refractivity contribution < 1.29 is 96.8 Å². The first-order chi connectivity index (χ1) is 69.0. The largest absolute Gasteiger partial charge is 0.508 e. The van der Waals surface area contributed by atoms with E-state index in [9.17, 15) is 68.1 Å². The van der Waals surface area contributed by atoms with E-state index in [0.29, 0.717) is 23.1 Å². The fourth-order valence-electron chi connectivity index (χ4n) is 15.3. The highest BCUT2D eigenvalue weighted by Gasteiger charge is 2.42. The number of hydrogen-bond donors (Lipinski definition) is 37. The quantitative estimate of drug-likeness (QED) is 0.00845.